The zero-order chi connectivity index (χ0) is 14.2. The number of Topliss-reactive ketones (excluding diaryl/α,β-unsaturated/α-hetero) is 1. The van der Waals surface area contributed by atoms with Gasteiger partial charge in [-0.05, 0) is 42.0 Å². The third-order valence-electron chi connectivity index (χ3n) is 5.21. The van der Waals surface area contributed by atoms with Crippen molar-refractivity contribution in [2.45, 2.75) is 44.2 Å². The summed E-state index contributed by atoms with van der Waals surface area (Å²) < 4.78 is 0. The first-order valence-electron chi connectivity index (χ1n) is 8.10. The number of carbonyl (C=O) groups excluding carboxylic acids is 1. The standard InChI is InChI=1S/C19H21NO/c21-19(18-12-15-7-3-4-8-17(15)20-18)16-10-9-13-5-1-2-6-14(13)11-16/h1-2,5-6,9-11,15,17-18,20H,3-4,7-8,12H2. The van der Waals surface area contributed by atoms with E-state index in [0.717, 1.165) is 17.4 Å². The molecule has 1 aliphatic heterocycles. The maximum absolute atomic E-state index is 12.8. The molecule has 1 saturated carbocycles. The molecule has 0 aromatic heterocycles. The fourth-order valence-electron chi connectivity index (χ4n) is 4.06. The van der Waals surface area contributed by atoms with Crippen LogP contribution in [-0.2, 0) is 0 Å². The lowest BCUT2D eigenvalue weighted by Gasteiger charge is -2.24. The van der Waals surface area contributed by atoms with Crippen LogP contribution in [0.15, 0.2) is 42.5 Å². The van der Waals surface area contributed by atoms with Gasteiger partial charge in [0, 0.05) is 11.6 Å². The zero-order valence-electron chi connectivity index (χ0n) is 12.2. The van der Waals surface area contributed by atoms with E-state index in [9.17, 15) is 4.79 Å². The summed E-state index contributed by atoms with van der Waals surface area (Å²) in [5, 5.41) is 5.94. The van der Waals surface area contributed by atoms with E-state index in [-0.39, 0.29) is 11.8 Å². The normalized spacial score (nSPS) is 28.5. The van der Waals surface area contributed by atoms with E-state index in [4.69, 9.17) is 0 Å². The summed E-state index contributed by atoms with van der Waals surface area (Å²) in [6, 6.07) is 14.9. The molecule has 21 heavy (non-hydrogen) atoms. The Hall–Kier alpha value is -1.67. The minimum Gasteiger partial charge on any atom is -0.304 e. The summed E-state index contributed by atoms with van der Waals surface area (Å²) in [5.74, 6) is 0.989. The molecule has 2 fully saturated rings. The van der Waals surface area contributed by atoms with Crippen LogP contribution in [0, 0.1) is 5.92 Å². The molecule has 108 valence electrons. The first kappa shape index (κ1) is 13.0. The molecule has 3 unspecified atom stereocenters. The van der Waals surface area contributed by atoms with Crippen LogP contribution in [0.25, 0.3) is 10.8 Å². The number of carbonyl (C=O) groups is 1. The molecule has 1 heterocycles. The maximum Gasteiger partial charge on any atom is 0.179 e. The van der Waals surface area contributed by atoms with E-state index < -0.39 is 0 Å². The Morgan fingerprint density at radius 3 is 2.67 bits per heavy atom. The molecule has 0 spiro atoms. The second-order valence-electron chi connectivity index (χ2n) is 6.53. The van der Waals surface area contributed by atoms with Crippen LogP contribution in [0.3, 0.4) is 0 Å². The summed E-state index contributed by atoms with van der Waals surface area (Å²) in [7, 11) is 0. The molecular weight excluding hydrogens is 258 g/mol. The van der Waals surface area contributed by atoms with Crippen molar-refractivity contribution in [1.29, 1.82) is 0 Å². The fraction of sp³-hybridized carbons (Fsp3) is 0.421. The Balaban J connectivity index is 1.58. The molecule has 2 aliphatic rings. The largest absolute Gasteiger partial charge is 0.304 e. The minimum atomic E-state index is 0.0271. The topological polar surface area (TPSA) is 29.1 Å². The van der Waals surface area contributed by atoms with Gasteiger partial charge in [-0.25, -0.2) is 0 Å². The van der Waals surface area contributed by atoms with Crippen LogP contribution < -0.4 is 5.32 Å². The van der Waals surface area contributed by atoms with E-state index in [1.54, 1.807) is 0 Å². The third kappa shape index (κ3) is 2.38. The van der Waals surface area contributed by atoms with Gasteiger partial charge in [0.15, 0.2) is 5.78 Å². The van der Waals surface area contributed by atoms with Crippen molar-refractivity contribution in [2.75, 3.05) is 0 Å². The monoisotopic (exact) mass is 279 g/mol. The molecule has 2 nitrogen and oxygen atoms in total. The van der Waals surface area contributed by atoms with Gasteiger partial charge in [-0.1, -0.05) is 49.2 Å². The molecule has 1 aliphatic carbocycles. The van der Waals surface area contributed by atoms with Crippen LogP contribution in [0.1, 0.15) is 42.5 Å². The quantitative estimate of drug-likeness (QED) is 0.844. The molecule has 0 amide bonds. The van der Waals surface area contributed by atoms with Crippen LogP contribution in [0.5, 0.6) is 0 Å². The lowest BCUT2D eigenvalue weighted by molar-refractivity contribution is 0.0949. The van der Waals surface area contributed by atoms with Gasteiger partial charge in [-0.3, -0.25) is 4.79 Å². The average Bonchev–Trinajstić information content (AvgIpc) is 2.97. The highest BCUT2D eigenvalue weighted by Gasteiger charge is 2.38. The van der Waals surface area contributed by atoms with Gasteiger partial charge < -0.3 is 5.32 Å². The molecule has 2 heteroatoms. The molecule has 0 radical (unpaired) electrons. The molecule has 4 rings (SSSR count). The summed E-state index contributed by atoms with van der Waals surface area (Å²) in [5.41, 5.74) is 0.852. The van der Waals surface area contributed by atoms with Crippen molar-refractivity contribution in [2.24, 2.45) is 5.92 Å². The predicted octanol–water partition coefficient (Wildman–Crippen LogP) is 3.94. The first-order chi connectivity index (χ1) is 10.3. The Morgan fingerprint density at radius 1 is 1.00 bits per heavy atom. The molecule has 1 N–H and O–H groups in total. The van der Waals surface area contributed by atoms with Crippen molar-refractivity contribution < 1.29 is 4.79 Å². The van der Waals surface area contributed by atoms with Crippen LogP contribution in [-0.4, -0.2) is 17.9 Å². The maximum atomic E-state index is 12.8. The fourth-order valence-corrected chi connectivity index (χ4v) is 4.06. The molecular formula is C19H21NO. The van der Waals surface area contributed by atoms with Crippen molar-refractivity contribution in [3.05, 3.63) is 48.0 Å². The van der Waals surface area contributed by atoms with Crippen molar-refractivity contribution >= 4 is 16.6 Å². The third-order valence-corrected chi connectivity index (χ3v) is 5.21. The van der Waals surface area contributed by atoms with E-state index in [1.165, 1.54) is 31.1 Å². The highest BCUT2D eigenvalue weighted by molar-refractivity contribution is 6.03. The van der Waals surface area contributed by atoms with Gasteiger partial charge in [0.1, 0.15) is 0 Å². The molecule has 2 aromatic carbocycles. The number of rotatable bonds is 2. The van der Waals surface area contributed by atoms with Gasteiger partial charge in [-0.2, -0.15) is 0 Å². The Labute approximate surface area is 125 Å². The number of hydrogen-bond donors (Lipinski definition) is 1. The number of fused-ring (bicyclic) bond motifs is 2. The average molecular weight is 279 g/mol. The van der Waals surface area contributed by atoms with Gasteiger partial charge >= 0.3 is 0 Å². The predicted molar refractivity (Wildman–Crippen MR) is 85.6 cm³/mol. The van der Waals surface area contributed by atoms with Crippen molar-refractivity contribution in [3.63, 3.8) is 0 Å². The van der Waals surface area contributed by atoms with Gasteiger partial charge in [0.2, 0.25) is 0 Å². The SMILES string of the molecule is O=C(c1ccc2ccccc2c1)C1CC2CCCCC2N1. The molecule has 0 bridgehead atoms. The summed E-state index contributed by atoms with van der Waals surface area (Å²) in [6.45, 7) is 0. The molecule has 3 atom stereocenters. The smallest absolute Gasteiger partial charge is 0.179 e. The van der Waals surface area contributed by atoms with Crippen LogP contribution in [0.4, 0.5) is 0 Å². The van der Waals surface area contributed by atoms with E-state index in [0.29, 0.717) is 12.0 Å². The lowest BCUT2D eigenvalue weighted by atomic mass is 9.84. The molecule has 2 aromatic rings. The Morgan fingerprint density at radius 2 is 1.81 bits per heavy atom. The lowest BCUT2D eigenvalue weighted by Crippen LogP contribution is -2.37. The van der Waals surface area contributed by atoms with Gasteiger partial charge in [0.05, 0.1) is 6.04 Å². The number of nitrogens with one attached hydrogen (secondary N) is 1. The second-order valence-corrected chi connectivity index (χ2v) is 6.53. The van der Waals surface area contributed by atoms with Crippen LogP contribution >= 0.6 is 0 Å². The van der Waals surface area contributed by atoms with Crippen molar-refractivity contribution in [1.82, 2.24) is 5.32 Å². The van der Waals surface area contributed by atoms with E-state index in [2.05, 4.69) is 23.5 Å². The number of benzene rings is 2. The van der Waals surface area contributed by atoms with Gasteiger partial charge in [-0.15, -0.1) is 0 Å². The number of hydrogen-bond acceptors (Lipinski definition) is 2. The summed E-state index contributed by atoms with van der Waals surface area (Å²) in [6.07, 6.45) is 6.20. The highest BCUT2D eigenvalue weighted by Crippen LogP contribution is 2.34. The first-order valence-corrected chi connectivity index (χ1v) is 8.10. The Kier molecular flexibility index (Phi) is 3.27. The van der Waals surface area contributed by atoms with Crippen LogP contribution in [0.2, 0.25) is 0 Å². The summed E-state index contributed by atoms with van der Waals surface area (Å²) in [4.78, 5) is 12.8. The van der Waals surface area contributed by atoms with Gasteiger partial charge in [0.25, 0.3) is 0 Å². The van der Waals surface area contributed by atoms with E-state index in [1.807, 2.05) is 24.3 Å². The summed E-state index contributed by atoms with van der Waals surface area (Å²) >= 11 is 0. The van der Waals surface area contributed by atoms with Crippen molar-refractivity contribution in [3.8, 4) is 0 Å². The second kappa shape index (κ2) is 5.27. The minimum absolute atomic E-state index is 0.0271. The Bertz CT molecular complexity index is 664. The zero-order valence-corrected chi connectivity index (χ0v) is 12.2. The highest BCUT2D eigenvalue weighted by atomic mass is 16.1. The van der Waals surface area contributed by atoms with E-state index >= 15 is 0 Å². The number of ketones is 1. The molecule has 1 saturated heterocycles.